The average Bonchev–Trinajstić information content (AvgIpc) is 2.64. The molecule has 3 rings (SSSR count). The summed E-state index contributed by atoms with van der Waals surface area (Å²) in [5.74, 6) is 0. The second-order valence-electron chi connectivity index (χ2n) is 6.42. The smallest absolute Gasteiger partial charge is 0.321 e. The van der Waals surface area contributed by atoms with Gasteiger partial charge in [-0.2, -0.15) is 0 Å². The van der Waals surface area contributed by atoms with Crippen LogP contribution in [-0.4, -0.2) is 39.6 Å². The van der Waals surface area contributed by atoms with Gasteiger partial charge in [-0.25, -0.2) is 4.79 Å². The van der Waals surface area contributed by atoms with Crippen LogP contribution in [0.25, 0.3) is 0 Å². The molecule has 130 valence electrons. The third kappa shape index (κ3) is 4.09. The van der Waals surface area contributed by atoms with Crippen LogP contribution in [0.2, 0.25) is 0 Å². The van der Waals surface area contributed by atoms with Crippen molar-refractivity contribution in [2.24, 2.45) is 0 Å². The van der Waals surface area contributed by atoms with Gasteiger partial charge in [0.25, 0.3) is 0 Å². The molecule has 0 radical (unpaired) electrons. The van der Waals surface area contributed by atoms with Crippen molar-refractivity contribution in [1.29, 1.82) is 0 Å². The third-order valence-electron chi connectivity index (χ3n) is 4.59. The van der Waals surface area contributed by atoms with Crippen LogP contribution in [-0.2, 0) is 13.1 Å². The number of β-amino-alcohol motifs (C(OH)–C–C–N with tert-alkyl or cyclic N) is 1. The first-order chi connectivity index (χ1) is 12.2. The molecular weight excluding hydrogens is 312 g/mol. The van der Waals surface area contributed by atoms with E-state index >= 15 is 0 Å². The lowest BCUT2D eigenvalue weighted by molar-refractivity contribution is -0.00341. The quantitative estimate of drug-likeness (QED) is 0.821. The van der Waals surface area contributed by atoms with E-state index in [2.05, 4.69) is 6.58 Å². The van der Waals surface area contributed by atoms with Gasteiger partial charge >= 0.3 is 6.03 Å². The summed E-state index contributed by atoms with van der Waals surface area (Å²) in [6.07, 6.45) is 1.76. The molecule has 2 amide bonds. The Kier molecular flexibility index (Phi) is 5.51. The molecule has 2 aromatic rings. The number of aliphatic hydroxyl groups is 1. The first-order valence-corrected chi connectivity index (χ1v) is 8.61. The number of hydrogen-bond acceptors (Lipinski definition) is 2. The lowest BCUT2D eigenvalue weighted by Crippen LogP contribution is -2.60. The van der Waals surface area contributed by atoms with Gasteiger partial charge in [-0.05, 0) is 17.5 Å². The van der Waals surface area contributed by atoms with Gasteiger partial charge in [-0.3, -0.25) is 0 Å². The van der Waals surface area contributed by atoms with E-state index < -0.39 is 6.10 Å². The van der Waals surface area contributed by atoms with Crippen molar-refractivity contribution in [1.82, 2.24) is 9.80 Å². The molecule has 4 heteroatoms. The number of benzene rings is 2. The Labute approximate surface area is 149 Å². The van der Waals surface area contributed by atoms with E-state index in [1.165, 1.54) is 0 Å². The number of urea groups is 1. The van der Waals surface area contributed by atoms with Crippen molar-refractivity contribution in [2.45, 2.75) is 31.7 Å². The molecule has 1 saturated heterocycles. The second kappa shape index (κ2) is 7.99. The average molecular weight is 336 g/mol. The van der Waals surface area contributed by atoms with E-state index in [0.717, 1.165) is 11.1 Å². The number of aliphatic hydroxyl groups excluding tert-OH is 1. The van der Waals surface area contributed by atoms with Crippen LogP contribution in [0.5, 0.6) is 0 Å². The minimum Gasteiger partial charge on any atom is -0.389 e. The fourth-order valence-corrected chi connectivity index (χ4v) is 3.31. The second-order valence-corrected chi connectivity index (χ2v) is 6.42. The van der Waals surface area contributed by atoms with Gasteiger partial charge in [0.1, 0.15) is 0 Å². The lowest BCUT2D eigenvalue weighted by atomic mass is 10.0. The van der Waals surface area contributed by atoms with Crippen LogP contribution in [0.1, 0.15) is 17.5 Å². The summed E-state index contributed by atoms with van der Waals surface area (Å²) >= 11 is 0. The number of carbonyl (C=O) groups is 1. The topological polar surface area (TPSA) is 43.8 Å². The van der Waals surface area contributed by atoms with E-state index in [4.69, 9.17) is 0 Å². The standard InChI is InChI=1S/C21H24N2O2/c1-2-9-19-20(24)16-22(14-17-10-5-3-6-11-17)21(25)23(19)15-18-12-7-4-8-13-18/h2-8,10-13,19-20,24H,1,9,14-16H2. The molecule has 25 heavy (non-hydrogen) atoms. The minimum absolute atomic E-state index is 0.0372. The molecule has 0 spiro atoms. The first-order valence-electron chi connectivity index (χ1n) is 8.61. The summed E-state index contributed by atoms with van der Waals surface area (Å²) in [5.41, 5.74) is 2.11. The summed E-state index contributed by atoms with van der Waals surface area (Å²) in [6.45, 7) is 5.11. The molecule has 1 fully saturated rings. The number of carbonyl (C=O) groups excluding carboxylic acids is 1. The molecule has 0 aromatic heterocycles. The largest absolute Gasteiger partial charge is 0.389 e. The van der Waals surface area contributed by atoms with Crippen molar-refractivity contribution in [3.63, 3.8) is 0 Å². The van der Waals surface area contributed by atoms with Gasteiger partial charge in [0.15, 0.2) is 0 Å². The molecular formula is C21H24N2O2. The maximum atomic E-state index is 13.1. The zero-order valence-corrected chi connectivity index (χ0v) is 14.3. The SMILES string of the molecule is C=CCC1C(O)CN(Cc2ccccc2)C(=O)N1Cc1ccccc1. The molecule has 1 N–H and O–H groups in total. The van der Waals surface area contributed by atoms with Crippen LogP contribution in [0.4, 0.5) is 4.79 Å². The molecule has 0 saturated carbocycles. The van der Waals surface area contributed by atoms with Crippen LogP contribution in [0.15, 0.2) is 73.3 Å². The Balaban J connectivity index is 1.81. The van der Waals surface area contributed by atoms with Crippen LogP contribution in [0, 0.1) is 0 Å². The Morgan fingerprint density at radius 1 is 1.00 bits per heavy atom. The first kappa shape index (κ1) is 17.2. The number of amides is 2. The predicted octanol–water partition coefficient (Wildman–Crippen LogP) is 3.43. The minimum atomic E-state index is -0.594. The monoisotopic (exact) mass is 336 g/mol. The van der Waals surface area contributed by atoms with Gasteiger partial charge in [0.05, 0.1) is 18.7 Å². The van der Waals surface area contributed by atoms with Gasteiger partial charge in [0, 0.05) is 13.1 Å². The Bertz CT molecular complexity index is 702. The fraction of sp³-hybridized carbons (Fsp3) is 0.286. The van der Waals surface area contributed by atoms with E-state index in [9.17, 15) is 9.90 Å². The van der Waals surface area contributed by atoms with Crippen molar-refractivity contribution < 1.29 is 9.90 Å². The Morgan fingerprint density at radius 2 is 1.56 bits per heavy atom. The molecule has 0 aliphatic carbocycles. The van der Waals surface area contributed by atoms with Crippen molar-refractivity contribution in [3.8, 4) is 0 Å². The molecule has 1 aliphatic heterocycles. The summed E-state index contributed by atoms with van der Waals surface area (Å²) in [4.78, 5) is 16.6. The Hall–Kier alpha value is -2.59. The summed E-state index contributed by atoms with van der Waals surface area (Å²) in [5, 5.41) is 10.6. The van der Waals surface area contributed by atoms with E-state index in [-0.39, 0.29) is 12.1 Å². The highest BCUT2D eigenvalue weighted by molar-refractivity contribution is 5.76. The maximum absolute atomic E-state index is 13.1. The highest BCUT2D eigenvalue weighted by Gasteiger charge is 2.38. The molecule has 0 bridgehead atoms. The lowest BCUT2D eigenvalue weighted by Gasteiger charge is -2.44. The summed E-state index contributed by atoms with van der Waals surface area (Å²) in [6, 6.07) is 19.5. The predicted molar refractivity (Wildman–Crippen MR) is 98.8 cm³/mol. The third-order valence-corrected chi connectivity index (χ3v) is 4.59. The normalized spacial score (nSPS) is 20.6. The van der Waals surface area contributed by atoms with E-state index in [0.29, 0.717) is 26.1 Å². The Morgan fingerprint density at radius 3 is 2.12 bits per heavy atom. The zero-order chi connectivity index (χ0) is 17.6. The van der Waals surface area contributed by atoms with Crippen LogP contribution in [0.3, 0.4) is 0 Å². The molecule has 1 heterocycles. The molecule has 1 aliphatic rings. The molecule has 2 unspecified atom stereocenters. The van der Waals surface area contributed by atoms with E-state index in [1.807, 2.05) is 60.7 Å². The van der Waals surface area contributed by atoms with Crippen LogP contribution < -0.4 is 0 Å². The molecule has 4 nitrogen and oxygen atoms in total. The van der Waals surface area contributed by atoms with Crippen molar-refractivity contribution in [3.05, 3.63) is 84.4 Å². The van der Waals surface area contributed by atoms with Gasteiger partial charge < -0.3 is 14.9 Å². The summed E-state index contributed by atoms with van der Waals surface area (Å²) < 4.78 is 0. The number of nitrogens with zero attached hydrogens (tertiary/aromatic N) is 2. The highest BCUT2D eigenvalue weighted by atomic mass is 16.3. The highest BCUT2D eigenvalue weighted by Crippen LogP contribution is 2.24. The van der Waals surface area contributed by atoms with E-state index in [1.54, 1.807) is 15.9 Å². The number of rotatable bonds is 6. The van der Waals surface area contributed by atoms with Gasteiger partial charge in [-0.15, -0.1) is 6.58 Å². The summed E-state index contributed by atoms with van der Waals surface area (Å²) in [7, 11) is 0. The molecule has 2 aromatic carbocycles. The van der Waals surface area contributed by atoms with Gasteiger partial charge in [-0.1, -0.05) is 66.7 Å². The zero-order valence-electron chi connectivity index (χ0n) is 14.3. The van der Waals surface area contributed by atoms with Gasteiger partial charge in [0.2, 0.25) is 0 Å². The number of hydrogen-bond donors (Lipinski definition) is 1. The fourth-order valence-electron chi connectivity index (χ4n) is 3.31. The van der Waals surface area contributed by atoms with Crippen molar-refractivity contribution >= 4 is 6.03 Å². The maximum Gasteiger partial charge on any atom is 0.321 e. The van der Waals surface area contributed by atoms with Crippen LogP contribution >= 0.6 is 0 Å². The van der Waals surface area contributed by atoms with Crippen molar-refractivity contribution in [2.75, 3.05) is 6.54 Å². The molecule has 2 atom stereocenters.